The highest BCUT2D eigenvalue weighted by Crippen LogP contribution is 2.30. The molecule has 0 fully saturated rings. The average Bonchev–Trinajstić information content (AvgIpc) is 2.72. The molecule has 186 valence electrons. The molecule has 0 saturated heterocycles. The first kappa shape index (κ1) is 28.0. The Labute approximate surface area is 216 Å². The lowest BCUT2D eigenvalue weighted by molar-refractivity contribution is -0.0328. The van der Waals surface area contributed by atoms with E-state index in [1.807, 2.05) is 60.6 Å². The third kappa shape index (κ3) is 8.81. The first-order valence-electron chi connectivity index (χ1n) is 11.4. The fraction of sp³-hybridized carbons (Fsp3) is 0.481. The standard InChI is InChI=1S/C27H35IO6/c1-18(2)31-22-14-10-8-12-20(22)24(29)33-26(4,5)16-17-27(6,7)34-25(30)21-13-9-11-15-23(21)32-19(3)28/h8-15,18-19H,16-17H2,1-7H3. The van der Waals surface area contributed by atoms with E-state index in [0.717, 1.165) is 0 Å². The maximum absolute atomic E-state index is 12.9. The minimum absolute atomic E-state index is 0.0620. The first-order chi connectivity index (χ1) is 15.8. The van der Waals surface area contributed by atoms with Gasteiger partial charge in [0.25, 0.3) is 0 Å². The summed E-state index contributed by atoms with van der Waals surface area (Å²) in [6.45, 7) is 13.1. The van der Waals surface area contributed by atoms with Gasteiger partial charge >= 0.3 is 11.9 Å². The monoisotopic (exact) mass is 582 g/mol. The molecule has 0 aliphatic heterocycles. The molecule has 0 bridgehead atoms. The molecule has 0 aliphatic rings. The van der Waals surface area contributed by atoms with Gasteiger partial charge in [0.15, 0.2) is 0 Å². The van der Waals surface area contributed by atoms with Crippen LogP contribution in [0.15, 0.2) is 48.5 Å². The number of rotatable bonds is 11. The molecule has 1 atom stereocenters. The number of para-hydroxylation sites is 2. The van der Waals surface area contributed by atoms with Crippen LogP contribution in [0.4, 0.5) is 0 Å². The minimum Gasteiger partial charge on any atom is -0.490 e. The summed E-state index contributed by atoms with van der Waals surface area (Å²) in [5, 5.41) is 0. The fourth-order valence-electron chi connectivity index (χ4n) is 3.22. The number of benzene rings is 2. The normalized spacial score (nSPS) is 12.7. The lowest BCUT2D eigenvalue weighted by atomic mass is 9.93. The van der Waals surface area contributed by atoms with Gasteiger partial charge in [-0.25, -0.2) is 9.59 Å². The molecular formula is C27H35IO6. The van der Waals surface area contributed by atoms with Gasteiger partial charge in [-0.2, -0.15) is 0 Å². The van der Waals surface area contributed by atoms with Crippen molar-refractivity contribution in [3.8, 4) is 11.5 Å². The number of carbonyl (C=O) groups excluding carboxylic acids is 2. The van der Waals surface area contributed by atoms with Crippen molar-refractivity contribution in [1.82, 2.24) is 0 Å². The van der Waals surface area contributed by atoms with Crippen LogP contribution in [0.25, 0.3) is 0 Å². The number of ether oxygens (including phenoxy) is 4. The molecule has 0 aliphatic carbocycles. The molecule has 1 unspecified atom stereocenters. The van der Waals surface area contributed by atoms with Crippen molar-refractivity contribution in [2.24, 2.45) is 0 Å². The highest BCUT2D eigenvalue weighted by Gasteiger charge is 2.31. The third-order valence-corrected chi connectivity index (χ3v) is 5.19. The molecule has 0 radical (unpaired) electrons. The molecule has 0 amide bonds. The Kier molecular flexibility index (Phi) is 9.79. The summed E-state index contributed by atoms with van der Waals surface area (Å²) in [6.07, 6.45) is 0.928. The summed E-state index contributed by atoms with van der Waals surface area (Å²) in [5.41, 5.74) is -0.783. The highest BCUT2D eigenvalue weighted by molar-refractivity contribution is 14.1. The number of carbonyl (C=O) groups is 2. The van der Waals surface area contributed by atoms with Crippen molar-refractivity contribution >= 4 is 34.5 Å². The number of hydrogen-bond donors (Lipinski definition) is 0. The summed E-state index contributed by atoms with van der Waals surface area (Å²) >= 11 is 2.13. The van der Waals surface area contributed by atoms with E-state index in [-0.39, 0.29) is 10.2 Å². The number of hydrogen-bond acceptors (Lipinski definition) is 6. The lowest BCUT2D eigenvalue weighted by Crippen LogP contribution is -2.34. The van der Waals surface area contributed by atoms with Crippen molar-refractivity contribution in [3.05, 3.63) is 59.7 Å². The van der Waals surface area contributed by atoms with E-state index in [4.69, 9.17) is 18.9 Å². The molecule has 2 aromatic rings. The number of halogens is 1. The zero-order valence-corrected chi connectivity index (χ0v) is 23.2. The van der Waals surface area contributed by atoms with Gasteiger partial charge in [-0.15, -0.1) is 0 Å². The predicted molar refractivity (Wildman–Crippen MR) is 141 cm³/mol. The van der Waals surface area contributed by atoms with Crippen molar-refractivity contribution in [3.63, 3.8) is 0 Å². The fourth-order valence-corrected chi connectivity index (χ4v) is 3.49. The molecule has 2 rings (SSSR count). The Bertz CT molecular complexity index is 901. The van der Waals surface area contributed by atoms with Crippen molar-refractivity contribution in [2.75, 3.05) is 0 Å². The Morgan fingerprint density at radius 3 is 1.50 bits per heavy atom. The highest BCUT2D eigenvalue weighted by atomic mass is 127. The Balaban J connectivity index is 2.02. The van der Waals surface area contributed by atoms with E-state index >= 15 is 0 Å². The van der Waals surface area contributed by atoms with E-state index in [1.54, 1.807) is 36.4 Å². The van der Waals surface area contributed by atoms with Crippen LogP contribution >= 0.6 is 22.6 Å². The minimum atomic E-state index is -0.775. The van der Waals surface area contributed by atoms with E-state index in [2.05, 4.69) is 22.6 Å². The Hall–Kier alpha value is -2.29. The second kappa shape index (κ2) is 11.9. The molecule has 2 aromatic carbocycles. The van der Waals surface area contributed by atoms with Crippen LogP contribution in [0.5, 0.6) is 11.5 Å². The molecule has 34 heavy (non-hydrogen) atoms. The van der Waals surface area contributed by atoms with E-state index in [9.17, 15) is 9.59 Å². The maximum atomic E-state index is 12.9. The molecule has 7 heteroatoms. The van der Waals surface area contributed by atoms with Gasteiger partial charge in [0, 0.05) is 0 Å². The first-order valence-corrected chi connectivity index (χ1v) is 12.7. The van der Waals surface area contributed by atoms with Crippen LogP contribution in [-0.4, -0.2) is 33.4 Å². The lowest BCUT2D eigenvalue weighted by Gasteiger charge is -2.31. The van der Waals surface area contributed by atoms with Crippen molar-refractivity contribution in [2.45, 2.75) is 82.7 Å². The van der Waals surface area contributed by atoms with Gasteiger partial charge in [-0.1, -0.05) is 24.3 Å². The van der Waals surface area contributed by atoms with Crippen LogP contribution in [0, 0.1) is 0 Å². The number of esters is 2. The second-order valence-corrected chi connectivity index (χ2v) is 11.4. The predicted octanol–water partition coefficient (Wildman–Crippen LogP) is 6.98. The van der Waals surface area contributed by atoms with Gasteiger partial charge in [0.1, 0.15) is 37.9 Å². The summed E-state index contributed by atoms with van der Waals surface area (Å²) in [7, 11) is 0. The average molecular weight is 582 g/mol. The van der Waals surface area contributed by atoms with Gasteiger partial charge in [-0.3, -0.25) is 0 Å². The molecule has 0 saturated carbocycles. The summed E-state index contributed by atoms with van der Waals surface area (Å²) in [5.74, 6) is 0.0817. The topological polar surface area (TPSA) is 71.1 Å². The van der Waals surface area contributed by atoms with Crippen LogP contribution in [0.3, 0.4) is 0 Å². The Morgan fingerprint density at radius 2 is 1.12 bits per heavy atom. The van der Waals surface area contributed by atoms with Crippen LogP contribution in [0.2, 0.25) is 0 Å². The number of alkyl halides is 1. The largest absolute Gasteiger partial charge is 0.490 e. The molecular weight excluding hydrogens is 547 g/mol. The van der Waals surface area contributed by atoms with Crippen molar-refractivity contribution in [1.29, 1.82) is 0 Å². The van der Waals surface area contributed by atoms with Crippen LogP contribution < -0.4 is 9.47 Å². The Morgan fingerprint density at radius 1 is 0.735 bits per heavy atom. The summed E-state index contributed by atoms with van der Waals surface area (Å²) in [6, 6.07) is 14.1. The maximum Gasteiger partial charge on any atom is 0.342 e. The van der Waals surface area contributed by atoms with E-state index in [1.165, 1.54) is 0 Å². The third-order valence-electron chi connectivity index (χ3n) is 4.93. The SMILES string of the molecule is CC(C)Oc1ccccc1C(=O)OC(C)(C)CCC(C)(C)OC(=O)c1ccccc1OC(C)I. The van der Waals surface area contributed by atoms with E-state index in [0.29, 0.717) is 35.5 Å². The van der Waals surface area contributed by atoms with Crippen molar-refractivity contribution < 1.29 is 28.5 Å². The van der Waals surface area contributed by atoms with Gasteiger partial charge < -0.3 is 18.9 Å². The summed E-state index contributed by atoms with van der Waals surface area (Å²) < 4.78 is 23.0. The molecule has 6 nitrogen and oxygen atoms in total. The van der Waals surface area contributed by atoms with Crippen LogP contribution in [0.1, 0.15) is 82.0 Å². The van der Waals surface area contributed by atoms with Gasteiger partial charge in [-0.05, 0) is 108 Å². The zero-order chi connectivity index (χ0) is 25.5. The molecule has 0 heterocycles. The smallest absolute Gasteiger partial charge is 0.342 e. The van der Waals surface area contributed by atoms with Gasteiger partial charge in [0.05, 0.1) is 6.10 Å². The quantitative estimate of drug-likeness (QED) is 0.162. The molecule has 0 aromatic heterocycles. The molecule has 0 spiro atoms. The van der Waals surface area contributed by atoms with E-state index < -0.39 is 23.1 Å². The second-order valence-electron chi connectivity index (χ2n) is 9.62. The zero-order valence-electron chi connectivity index (χ0n) is 21.0. The van der Waals surface area contributed by atoms with Crippen LogP contribution in [-0.2, 0) is 9.47 Å². The summed E-state index contributed by atoms with van der Waals surface area (Å²) in [4.78, 5) is 25.7. The van der Waals surface area contributed by atoms with Gasteiger partial charge in [0.2, 0.25) is 0 Å². The molecule has 0 N–H and O–H groups in total.